The Morgan fingerprint density at radius 1 is 1.70 bits per heavy atom. The second-order valence-corrected chi connectivity index (χ2v) is 3.90. The summed E-state index contributed by atoms with van der Waals surface area (Å²) in [5, 5.41) is 3.88. The lowest BCUT2D eigenvalue weighted by Crippen LogP contribution is -2.00. The Morgan fingerprint density at radius 2 is 2.50 bits per heavy atom. The number of aryl methyl sites for hydroxylation is 1. The molecule has 5 heteroatoms. The van der Waals surface area contributed by atoms with E-state index in [4.69, 9.17) is 5.73 Å². The zero-order chi connectivity index (χ0) is 7.40. The number of hydrogen-bond donors (Lipinski definition) is 1. The molecule has 0 radical (unpaired) electrons. The fraction of sp³-hybridized carbons (Fsp3) is 0.600. The van der Waals surface area contributed by atoms with Gasteiger partial charge in [0.15, 0.2) is 0 Å². The van der Waals surface area contributed by atoms with Gasteiger partial charge < -0.3 is 5.73 Å². The largest absolute Gasteiger partial charge is 0.330 e. The molecule has 0 saturated heterocycles. The summed E-state index contributed by atoms with van der Waals surface area (Å²) in [5.74, 6) is 0.949. The van der Waals surface area contributed by atoms with Crippen molar-refractivity contribution in [2.75, 3.05) is 12.3 Å². The molecule has 1 rings (SSSR count). The smallest absolute Gasteiger partial charge is 0.104 e. The van der Waals surface area contributed by atoms with E-state index in [-0.39, 0.29) is 0 Å². The Balaban J connectivity index is 2.49. The highest BCUT2D eigenvalue weighted by atomic mass is 32.2. The van der Waals surface area contributed by atoms with E-state index in [1.807, 2.05) is 6.92 Å². The summed E-state index contributed by atoms with van der Waals surface area (Å²) < 4.78 is 4.99. The van der Waals surface area contributed by atoms with Gasteiger partial charge >= 0.3 is 0 Å². The van der Waals surface area contributed by atoms with Gasteiger partial charge in [-0.05, 0) is 18.5 Å². The van der Waals surface area contributed by atoms with Crippen LogP contribution in [0.1, 0.15) is 5.69 Å². The second-order valence-electron chi connectivity index (χ2n) is 1.78. The minimum atomic E-state index is 0.710. The average Bonchev–Trinajstić information content (AvgIpc) is 2.31. The summed E-state index contributed by atoms with van der Waals surface area (Å²) >= 11 is 3.16. The fourth-order valence-corrected chi connectivity index (χ4v) is 2.03. The van der Waals surface area contributed by atoms with Crippen molar-refractivity contribution in [2.24, 2.45) is 5.73 Å². The van der Waals surface area contributed by atoms with Gasteiger partial charge in [0, 0.05) is 12.3 Å². The molecule has 1 aromatic heterocycles. The maximum absolute atomic E-state index is 5.34. The molecule has 0 aliphatic rings. The first-order valence-corrected chi connectivity index (χ1v) is 4.72. The molecule has 0 saturated carbocycles. The SMILES string of the molecule is Cc1nnsc1SCCN. The van der Waals surface area contributed by atoms with Crippen molar-refractivity contribution >= 4 is 23.3 Å². The van der Waals surface area contributed by atoms with E-state index < -0.39 is 0 Å². The summed E-state index contributed by atoms with van der Waals surface area (Å²) in [4.78, 5) is 0. The molecule has 0 aromatic carbocycles. The van der Waals surface area contributed by atoms with Gasteiger partial charge in [-0.25, -0.2) is 0 Å². The van der Waals surface area contributed by atoms with Crippen LogP contribution in [-0.4, -0.2) is 21.9 Å². The van der Waals surface area contributed by atoms with Gasteiger partial charge in [-0.2, -0.15) is 0 Å². The number of nitrogens with zero attached hydrogens (tertiary/aromatic N) is 2. The van der Waals surface area contributed by atoms with Crippen LogP contribution in [0.2, 0.25) is 0 Å². The van der Waals surface area contributed by atoms with Crippen LogP contribution in [0.3, 0.4) is 0 Å². The van der Waals surface area contributed by atoms with Crippen LogP contribution in [-0.2, 0) is 0 Å². The summed E-state index contributed by atoms with van der Waals surface area (Å²) in [7, 11) is 0. The molecule has 0 bridgehead atoms. The second kappa shape index (κ2) is 3.90. The molecular weight excluding hydrogens is 166 g/mol. The monoisotopic (exact) mass is 175 g/mol. The van der Waals surface area contributed by atoms with Crippen LogP contribution in [0, 0.1) is 6.92 Å². The molecule has 0 aliphatic heterocycles. The third-order valence-corrected chi connectivity index (χ3v) is 3.16. The average molecular weight is 175 g/mol. The van der Waals surface area contributed by atoms with Gasteiger partial charge in [-0.3, -0.25) is 0 Å². The van der Waals surface area contributed by atoms with Crippen molar-refractivity contribution in [2.45, 2.75) is 11.1 Å². The number of nitrogens with two attached hydrogens (primary N) is 1. The molecule has 0 amide bonds. The number of aromatic nitrogens is 2. The topological polar surface area (TPSA) is 51.8 Å². The quantitative estimate of drug-likeness (QED) is 0.693. The van der Waals surface area contributed by atoms with Gasteiger partial charge in [0.2, 0.25) is 0 Å². The highest BCUT2D eigenvalue weighted by Gasteiger charge is 2.01. The zero-order valence-electron chi connectivity index (χ0n) is 5.70. The molecular formula is C5H9N3S2. The van der Waals surface area contributed by atoms with Crippen LogP contribution in [0.25, 0.3) is 0 Å². The first-order chi connectivity index (χ1) is 4.84. The van der Waals surface area contributed by atoms with Crippen molar-refractivity contribution < 1.29 is 0 Å². The molecule has 56 valence electrons. The standard InChI is InChI=1S/C5H9N3S2/c1-4-5(9-3-2-6)10-8-7-4/h2-3,6H2,1H3. The van der Waals surface area contributed by atoms with Gasteiger partial charge in [0.05, 0.1) is 5.69 Å². The Morgan fingerprint density at radius 3 is 3.00 bits per heavy atom. The van der Waals surface area contributed by atoms with Gasteiger partial charge in [-0.1, -0.05) is 4.49 Å². The Kier molecular flexibility index (Phi) is 3.11. The predicted octanol–water partition coefficient (Wildman–Crippen LogP) is 0.897. The maximum Gasteiger partial charge on any atom is 0.104 e. The molecule has 3 nitrogen and oxygen atoms in total. The minimum absolute atomic E-state index is 0.710. The Labute approximate surface area is 68.2 Å². The third-order valence-electron chi connectivity index (χ3n) is 0.961. The third kappa shape index (κ3) is 1.93. The van der Waals surface area contributed by atoms with E-state index in [1.54, 1.807) is 11.8 Å². The number of hydrogen-bond acceptors (Lipinski definition) is 5. The molecule has 1 aromatic rings. The van der Waals surface area contributed by atoms with Crippen molar-refractivity contribution in [1.29, 1.82) is 0 Å². The lowest BCUT2D eigenvalue weighted by atomic mass is 10.6. The van der Waals surface area contributed by atoms with Crippen LogP contribution in [0.15, 0.2) is 4.21 Å². The zero-order valence-corrected chi connectivity index (χ0v) is 7.34. The Bertz CT molecular complexity index is 199. The summed E-state index contributed by atoms with van der Waals surface area (Å²) in [5.41, 5.74) is 6.36. The summed E-state index contributed by atoms with van der Waals surface area (Å²) in [6.45, 7) is 2.67. The molecule has 2 N–H and O–H groups in total. The first-order valence-electron chi connectivity index (χ1n) is 2.96. The maximum atomic E-state index is 5.34. The molecule has 0 aliphatic carbocycles. The lowest BCUT2D eigenvalue weighted by Gasteiger charge is -1.92. The Hall–Kier alpha value is -0.130. The predicted molar refractivity (Wildman–Crippen MR) is 44.4 cm³/mol. The van der Waals surface area contributed by atoms with E-state index in [2.05, 4.69) is 9.59 Å². The highest BCUT2D eigenvalue weighted by molar-refractivity contribution is 8.01. The molecule has 0 fully saturated rings. The van der Waals surface area contributed by atoms with Gasteiger partial charge in [-0.15, -0.1) is 16.9 Å². The molecule has 0 unspecified atom stereocenters. The first kappa shape index (κ1) is 7.97. The van der Waals surface area contributed by atoms with Crippen molar-refractivity contribution in [3.63, 3.8) is 0 Å². The normalized spacial score (nSPS) is 10.2. The summed E-state index contributed by atoms with van der Waals surface area (Å²) in [6, 6.07) is 0. The van der Waals surface area contributed by atoms with E-state index >= 15 is 0 Å². The van der Waals surface area contributed by atoms with E-state index in [1.165, 1.54) is 15.7 Å². The van der Waals surface area contributed by atoms with E-state index in [9.17, 15) is 0 Å². The summed E-state index contributed by atoms with van der Waals surface area (Å²) in [6.07, 6.45) is 0. The fourth-order valence-electron chi connectivity index (χ4n) is 0.508. The molecule has 0 atom stereocenters. The van der Waals surface area contributed by atoms with Gasteiger partial charge in [0.25, 0.3) is 0 Å². The minimum Gasteiger partial charge on any atom is -0.330 e. The van der Waals surface area contributed by atoms with Crippen molar-refractivity contribution in [1.82, 2.24) is 9.59 Å². The number of rotatable bonds is 3. The molecule has 0 spiro atoms. The van der Waals surface area contributed by atoms with Crippen molar-refractivity contribution in [3.05, 3.63) is 5.69 Å². The highest BCUT2D eigenvalue weighted by Crippen LogP contribution is 2.23. The van der Waals surface area contributed by atoms with Crippen LogP contribution in [0.4, 0.5) is 0 Å². The van der Waals surface area contributed by atoms with Gasteiger partial charge in [0.1, 0.15) is 4.21 Å². The number of thioether (sulfide) groups is 1. The van der Waals surface area contributed by atoms with Crippen LogP contribution in [0.5, 0.6) is 0 Å². The van der Waals surface area contributed by atoms with E-state index in [0.717, 1.165) is 11.4 Å². The van der Waals surface area contributed by atoms with Crippen LogP contribution >= 0.6 is 23.3 Å². The lowest BCUT2D eigenvalue weighted by molar-refractivity contribution is 1.07. The molecule has 1 heterocycles. The van der Waals surface area contributed by atoms with Crippen molar-refractivity contribution in [3.8, 4) is 0 Å². The molecule has 10 heavy (non-hydrogen) atoms. The van der Waals surface area contributed by atoms with Crippen LogP contribution < -0.4 is 5.73 Å². The van der Waals surface area contributed by atoms with E-state index in [0.29, 0.717) is 6.54 Å².